The van der Waals surface area contributed by atoms with Crippen LogP contribution in [0, 0.1) is 5.41 Å². The molecule has 1 N–H and O–H groups in total. The summed E-state index contributed by atoms with van der Waals surface area (Å²) in [5, 5.41) is 0.824. The maximum Gasteiger partial charge on any atom is 0.369 e. The molecule has 0 heterocycles. The van der Waals surface area contributed by atoms with Gasteiger partial charge in [-0.25, -0.2) is 10.3 Å². The quantitative estimate of drug-likeness (QED) is 0.834. The second-order valence-electron chi connectivity index (χ2n) is 5.17. The minimum Gasteiger partial charge on any atom is -0.480 e. The fourth-order valence-corrected chi connectivity index (χ4v) is 1.49. The molecule has 6 heteroatoms. The normalized spacial score (nSPS) is 10.8. The van der Waals surface area contributed by atoms with Gasteiger partial charge in [0.15, 0.2) is 6.61 Å². The number of hydrogen-bond acceptors (Lipinski definition) is 4. The molecule has 0 fully saturated rings. The van der Waals surface area contributed by atoms with Crippen LogP contribution < -0.4 is 10.2 Å². The van der Waals surface area contributed by atoms with E-state index in [9.17, 15) is 4.79 Å². The monoisotopic (exact) mass is 317 g/mol. The summed E-state index contributed by atoms with van der Waals surface area (Å²) in [5.41, 5.74) is 2.89. The van der Waals surface area contributed by atoms with E-state index in [4.69, 9.17) is 32.8 Å². The maximum absolute atomic E-state index is 11.5. The molecule has 1 aromatic carbocycles. The van der Waals surface area contributed by atoms with E-state index in [-0.39, 0.29) is 12.0 Å². The number of halogens is 2. The van der Waals surface area contributed by atoms with Crippen molar-refractivity contribution in [2.75, 3.05) is 6.61 Å². The smallest absolute Gasteiger partial charge is 0.369 e. The first-order valence-electron chi connectivity index (χ1n) is 5.93. The van der Waals surface area contributed by atoms with E-state index in [0.717, 1.165) is 0 Å². The standard InChI is InChI=1S/C14H17Cl2NO3/c1-9(14(2,3)4)17-20-13(18)8-19-12-6-5-10(15)7-11(12)16/h5-7,17H,1,8H2,2-4H3. The van der Waals surface area contributed by atoms with Crippen LogP contribution in [0.3, 0.4) is 0 Å². The lowest BCUT2D eigenvalue weighted by Gasteiger charge is -2.21. The van der Waals surface area contributed by atoms with Crippen molar-refractivity contribution in [2.24, 2.45) is 5.41 Å². The van der Waals surface area contributed by atoms with Crippen molar-refractivity contribution in [3.63, 3.8) is 0 Å². The van der Waals surface area contributed by atoms with Gasteiger partial charge in [0.25, 0.3) is 0 Å². The lowest BCUT2D eigenvalue weighted by Crippen LogP contribution is -2.28. The molecule has 0 saturated heterocycles. The molecule has 0 spiro atoms. The molecule has 20 heavy (non-hydrogen) atoms. The SMILES string of the molecule is C=C(NOC(=O)COc1ccc(Cl)cc1Cl)C(C)(C)C. The summed E-state index contributed by atoms with van der Waals surface area (Å²) in [6, 6.07) is 4.73. The number of hydroxylamine groups is 1. The van der Waals surface area contributed by atoms with E-state index < -0.39 is 5.97 Å². The second-order valence-corrected chi connectivity index (χ2v) is 6.01. The summed E-state index contributed by atoms with van der Waals surface area (Å²) in [5.74, 6) is -0.218. The first-order valence-corrected chi connectivity index (χ1v) is 6.68. The first kappa shape index (κ1) is 16.7. The highest BCUT2D eigenvalue weighted by Crippen LogP contribution is 2.27. The molecule has 0 aliphatic heterocycles. The molecular formula is C14H17Cl2NO3. The van der Waals surface area contributed by atoms with Gasteiger partial charge in [-0.1, -0.05) is 50.6 Å². The summed E-state index contributed by atoms with van der Waals surface area (Å²) in [7, 11) is 0. The predicted molar refractivity (Wildman–Crippen MR) is 79.8 cm³/mol. The number of ether oxygens (including phenoxy) is 1. The van der Waals surface area contributed by atoms with Crippen LogP contribution in [0.5, 0.6) is 5.75 Å². The third-order valence-corrected chi connectivity index (χ3v) is 2.96. The molecular weight excluding hydrogens is 301 g/mol. The van der Waals surface area contributed by atoms with Gasteiger partial charge in [-0.2, -0.15) is 0 Å². The Hall–Kier alpha value is -1.39. The van der Waals surface area contributed by atoms with E-state index in [1.807, 2.05) is 20.8 Å². The van der Waals surface area contributed by atoms with Gasteiger partial charge in [0.2, 0.25) is 0 Å². The average Bonchev–Trinajstić information content (AvgIpc) is 2.33. The van der Waals surface area contributed by atoms with Gasteiger partial charge in [0.05, 0.1) is 5.02 Å². The molecule has 1 rings (SSSR count). The van der Waals surface area contributed by atoms with Crippen molar-refractivity contribution < 1.29 is 14.4 Å². The summed E-state index contributed by atoms with van der Waals surface area (Å²) in [6.07, 6.45) is 0. The van der Waals surface area contributed by atoms with Gasteiger partial charge in [-0.3, -0.25) is 0 Å². The summed E-state index contributed by atoms with van der Waals surface area (Å²) < 4.78 is 5.24. The van der Waals surface area contributed by atoms with Gasteiger partial charge in [-0.15, -0.1) is 0 Å². The van der Waals surface area contributed by atoms with Gasteiger partial charge in [0, 0.05) is 16.1 Å². The molecule has 0 bridgehead atoms. The van der Waals surface area contributed by atoms with E-state index in [0.29, 0.717) is 21.5 Å². The molecule has 0 amide bonds. The van der Waals surface area contributed by atoms with Crippen LogP contribution in [0.4, 0.5) is 0 Å². The minimum absolute atomic E-state index is 0.208. The van der Waals surface area contributed by atoms with Gasteiger partial charge in [0.1, 0.15) is 5.75 Å². The Morgan fingerprint density at radius 3 is 2.55 bits per heavy atom. The Morgan fingerprint density at radius 2 is 2.00 bits per heavy atom. The third kappa shape index (κ3) is 5.31. The first-order chi connectivity index (χ1) is 9.20. The fourth-order valence-electron chi connectivity index (χ4n) is 1.03. The highest BCUT2D eigenvalue weighted by molar-refractivity contribution is 6.35. The molecule has 0 aliphatic carbocycles. The van der Waals surface area contributed by atoms with Crippen molar-refractivity contribution in [1.82, 2.24) is 5.48 Å². The zero-order valence-corrected chi connectivity index (χ0v) is 13.1. The maximum atomic E-state index is 11.5. The van der Waals surface area contributed by atoms with Crippen molar-refractivity contribution in [2.45, 2.75) is 20.8 Å². The average molecular weight is 318 g/mol. The van der Waals surface area contributed by atoms with E-state index in [1.54, 1.807) is 12.1 Å². The summed E-state index contributed by atoms with van der Waals surface area (Å²) in [4.78, 5) is 16.3. The van der Waals surface area contributed by atoms with Crippen LogP contribution in [-0.4, -0.2) is 12.6 Å². The largest absolute Gasteiger partial charge is 0.480 e. The molecule has 0 saturated carbocycles. The molecule has 0 aliphatic rings. The van der Waals surface area contributed by atoms with Crippen LogP contribution in [0.25, 0.3) is 0 Å². The molecule has 4 nitrogen and oxygen atoms in total. The molecule has 110 valence electrons. The Kier molecular flexibility index (Phi) is 5.72. The topological polar surface area (TPSA) is 47.6 Å². The second kappa shape index (κ2) is 6.86. The lowest BCUT2D eigenvalue weighted by molar-refractivity contribution is -0.152. The Labute approximate surface area is 128 Å². The Morgan fingerprint density at radius 1 is 1.35 bits per heavy atom. The van der Waals surface area contributed by atoms with Crippen molar-refractivity contribution >= 4 is 29.2 Å². The van der Waals surface area contributed by atoms with E-state index in [1.165, 1.54) is 6.07 Å². The van der Waals surface area contributed by atoms with Crippen molar-refractivity contribution in [3.05, 3.63) is 40.5 Å². The Bertz CT molecular complexity index is 510. The number of nitrogens with one attached hydrogen (secondary N) is 1. The van der Waals surface area contributed by atoms with Crippen molar-refractivity contribution in [1.29, 1.82) is 0 Å². The fraction of sp³-hybridized carbons (Fsp3) is 0.357. The zero-order chi connectivity index (χ0) is 15.3. The van der Waals surface area contributed by atoms with Crippen molar-refractivity contribution in [3.8, 4) is 5.75 Å². The lowest BCUT2D eigenvalue weighted by atomic mass is 9.94. The number of rotatable bonds is 5. The number of carbonyl (C=O) groups is 1. The predicted octanol–water partition coefficient (Wildman–Crippen LogP) is 3.98. The number of carbonyl (C=O) groups excluding carboxylic acids is 1. The van der Waals surface area contributed by atoms with E-state index in [2.05, 4.69) is 12.1 Å². The number of allylic oxidation sites excluding steroid dienone is 1. The summed E-state index contributed by atoms with van der Waals surface area (Å²) in [6.45, 7) is 9.34. The molecule has 0 atom stereocenters. The van der Waals surface area contributed by atoms with Gasteiger partial charge < -0.3 is 9.57 Å². The molecule has 0 radical (unpaired) electrons. The van der Waals surface area contributed by atoms with Crippen LogP contribution in [-0.2, 0) is 9.63 Å². The third-order valence-electron chi connectivity index (χ3n) is 2.43. The van der Waals surface area contributed by atoms with Crippen LogP contribution >= 0.6 is 23.2 Å². The minimum atomic E-state index is -0.582. The number of hydrogen-bond donors (Lipinski definition) is 1. The highest BCUT2D eigenvalue weighted by Gasteiger charge is 2.16. The number of benzene rings is 1. The molecule has 0 aromatic heterocycles. The van der Waals surface area contributed by atoms with Crippen LogP contribution in [0.2, 0.25) is 10.0 Å². The molecule has 0 unspecified atom stereocenters. The Balaban J connectivity index is 2.42. The van der Waals surface area contributed by atoms with Gasteiger partial charge >= 0.3 is 5.97 Å². The van der Waals surface area contributed by atoms with Crippen LogP contribution in [0.1, 0.15) is 20.8 Å². The highest BCUT2D eigenvalue weighted by atomic mass is 35.5. The molecule has 1 aromatic rings. The summed E-state index contributed by atoms with van der Waals surface area (Å²) >= 11 is 11.7. The van der Waals surface area contributed by atoms with E-state index >= 15 is 0 Å². The van der Waals surface area contributed by atoms with Crippen LogP contribution in [0.15, 0.2) is 30.5 Å². The van der Waals surface area contributed by atoms with Gasteiger partial charge in [-0.05, 0) is 18.2 Å². The zero-order valence-electron chi connectivity index (χ0n) is 11.6.